The highest BCUT2D eigenvalue weighted by Crippen LogP contribution is 2.63. The van der Waals surface area contributed by atoms with Gasteiger partial charge in [-0.1, -0.05) is 36.4 Å². The lowest BCUT2D eigenvalue weighted by atomic mass is 9.91. The SMILES string of the molecule is NC[C@]1(c2ccccc2F)[C@@H]2CCN(c3cnc4c(-c5cnn(-c6ccccc6)c5)n[nH]c4n3)C[C@@H]21. The largest absolute Gasteiger partial charge is 0.355 e. The standard InChI is InChI=1S/C27H25FN8/c28-22-9-5-4-8-20(22)27(16-29)19-10-11-35(15-21(19)27)23-13-30-25-24(33-34-26(25)32-23)17-12-31-36(14-17)18-6-2-1-3-7-18/h1-9,12-14,19,21H,10-11,15-16,29H2,(H,32,33,34)/t19-,21+,27-/m1/s1. The van der Waals surface area contributed by atoms with Gasteiger partial charge in [-0.05, 0) is 42.0 Å². The number of hydrogen-bond donors (Lipinski definition) is 2. The molecule has 8 nitrogen and oxygen atoms in total. The molecule has 1 saturated heterocycles. The maximum absolute atomic E-state index is 14.7. The molecule has 3 N–H and O–H groups in total. The number of nitrogens with zero attached hydrogens (tertiary/aromatic N) is 6. The fourth-order valence-corrected chi connectivity index (χ4v) is 6.15. The molecule has 1 aliphatic heterocycles. The van der Waals surface area contributed by atoms with Crippen molar-refractivity contribution in [3.63, 3.8) is 0 Å². The zero-order valence-corrected chi connectivity index (χ0v) is 19.5. The second-order valence-corrected chi connectivity index (χ2v) is 9.68. The van der Waals surface area contributed by atoms with Crippen molar-refractivity contribution in [2.75, 3.05) is 24.5 Å². The van der Waals surface area contributed by atoms with Crippen molar-refractivity contribution < 1.29 is 4.39 Å². The Morgan fingerprint density at radius 1 is 1.06 bits per heavy atom. The number of aromatic amines is 1. The molecular weight excluding hydrogens is 455 g/mol. The number of aromatic nitrogens is 6. The van der Waals surface area contributed by atoms with E-state index in [1.54, 1.807) is 18.5 Å². The number of H-pyrrole nitrogens is 1. The molecule has 3 aromatic heterocycles. The minimum absolute atomic E-state index is 0.161. The van der Waals surface area contributed by atoms with Crippen molar-refractivity contribution >= 4 is 17.0 Å². The molecule has 180 valence electrons. The van der Waals surface area contributed by atoms with Crippen LogP contribution < -0.4 is 10.6 Å². The van der Waals surface area contributed by atoms with Gasteiger partial charge in [0.1, 0.15) is 22.8 Å². The molecule has 1 aliphatic carbocycles. The lowest BCUT2D eigenvalue weighted by molar-refractivity contribution is 0.533. The summed E-state index contributed by atoms with van der Waals surface area (Å²) in [6.07, 6.45) is 6.47. The summed E-state index contributed by atoms with van der Waals surface area (Å²) in [4.78, 5) is 11.8. The topological polar surface area (TPSA) is 102 Å². The molecule has 0 bridgehead atoms. The van der Waals surface area contributed by atoms with E-state index in [-0.39, 0.29) is 11.2 Å². The Bertz CT molecular complexity index is 1560. The van der Waals surface area contributed by atoms with Crippen LogP contribution in [0.5, 0.6) is 0 Å². The normalized spacial score (nSPS) is 23.1. The Kier molecular flexibility index (Phi) is 4.69. The van der Waals surface area contributed by atoms with E-state index in [4.69, 9.17) is 15.7 Å². The molecule has 0 radical (unpaired) electrons. The van der Waals surface area contributed by atoms with Crippen molar-refractivity contribution in [1.82, 2.24) is 29.9 Å². The number of hydrogen-bond acceptors (Lipinski definition) is 6. The molecule has 5 aromatic rings. The van der Waals surface area contributed by atoms with Crippen LogP contribution >= 0.6 is 0 Å². The molecule has 36 heavy (non-hydrogen) atoms. The number of piperidine rings is 1. The predicted molar refractivity (Wildman–Crippen MR) is 135 cm³/mol. The van der Waals surface area contributed by atoms with Crippen molar-refractivity contribution in [3.05, 3.63) is 84.6 Å². The van der Waals surface area contributed by atoms with Gasteiger partial charge in [0.05, 0.1) is 18.1 Å². The molecule has 4 heterocycles. The van der Waals surface area contributed by atoms with Crippen LogP contribution in [0.2, 0.25) is 0 Å². The molecule has 3 atom stereocenters. The van der Waals surface area contributed by atoms with E-state index in [0.29, 0.717) is 35.2 Å². The van der Waals surface area contributed by atoms with Crippen molar-refractivity contribution in [2.45, 2.75) is 11.8 Å². The minimum atomic E-state index is -0.294. The molecule has 1 saturated carbocycles. The first-order chi connectivity index (χ1) is 17.7. The summed E-state index contributed by atoms with van der Waals surface area (Å²) in [7, 11) is 0. The number of rotatable bonds is 5. The number of anilines is 1. The number of fused-ring (bicyclic) bond motifs is 2. The zero-order chi connectivity index (χ0) is 24.3. The first-order valence-electron chi connectivity index (χ1n) is 12.2. The highest BCUT2D eigenvalue weighted by atomic mass is 19.1. The van der Waals surface area contributed by atoms with Crippen LogP contribution in [-0.2, 0) is 5.41 Å². The van der Waals surface area contributed by atoms with Crippen LogP contribution in [0.25, 0.3) is 28.1 Å². The fourth-order valence-electron chi connectivity index (χ4n) is 6.15. The first-order valence-corrected chi connectivity index (χ1v) is 12.2. The van der Waals surface area contributed by atoms with E-state index in [9.17, 15) is 4.39 Å². The summed E-state index contributed by atoms with van der Waals surface area (Å²) in [6.45, 7) is 2.06. The molecular formula is C27H25FN8. The monoisotopic (exact) mass is 480 g/mol. The molecule has 9 heteroatoms. The molecule has 7 rings (SSSR count). The summed E-state index contributed by atoms with van der Waals surface area (Å²) >= 11 is 0. The van der Waals surface area contributed by atoms with Crippen LogP contribution in [0.3, 0.4) is 0 Å². The van der Waals surface area contributed by atoms with Gasteiger partial charge in [0.2, 0.25) is 0 Å². The minimum Gasteiger partial charge on any atom is -0.355 e. The van der Waals surface area contributed by atoms with Gasteiger partial charge in [-0.3, -0.25) is 5.10 Å². The Labute approximate surface area is 207 Å². The summed E-state index contributed by atoms with van der Waals surface area (Å²) in [5.74, 6) is 1.33. The molecule has 2 aromatic carbocycles. The number of nitrogens with one attached hydrogen (secondary N) is 1. The summed E-state index contributed by atoms with van der Waals surface area (Å²) in [5, 5.41) is 12.0. The lowest BCUT2D eigenvalue weighted by Gasteiger charge is -2.26. The van der Waals surface area contributed by atoms with Crippen LogP contribution in [0, 0.1) is 17.7 Å². The van der Waals surface area contributed by atoms with Crippen LogP contribution in [0.1, 0.15) is 12.0 Å². The highest BCUT2D eigenvalue weighted by Gasteiger charge is 2.66. The van der Waals surface area contributed by atoms with E-state index in [2.05, 4.69) is 20.2 Å². The first kappa shape index (κ1) is 21.2. The summed E-state index contributed by atoms with van der Waals surface area (Å²) in [6, 6.07) is 17.0. The molecule has 2 aliphatic rings. The molecule has 2 fully saturated rings. The quantitative estimate of drug-likeness (QED) is 0.398. The van der Waals surface area contributed by atoms with Crippen LogP contribution in [0.15, 0.2) is 73.2 Å². The van der Waals surface area contributed by atoms with Gasteiger partial charge in [0.15, 0.2) is 5.65 Å². The molecule has 0 spiro atoms. The molecule has 0 unspecified atom stereocenters. The van der Waals surface area contributed by atoms with Crippen LogP contribution in [-0.4, -0.2) is 49.6 Å². The second kappa shape index (κ2) is 7.96. The Hall–Kier alpha value is -4.11. The van der Waals surface area contributed by atoms with E-state index in [1.165, 1.54) is 6.07 Å². The Morgan fingerprint density at radius 3 is 2.72 bits per heavy atom. The Balaban J connectivity index is 1.15. The van der Waals surface area contributed by atoms with Crippen molar-refractivity contribution in [3.8, 4) is 16.9 Å². The maximum atomic E-state index is 14.7. The fraction of sp³-hybridized carbons (Fsp3) is 0.259. The van der Waals surface area contributed by atoms with E-state index in [0.717, 1.165) is 42.1 Å². The third kappa shape index (κ3) is 3.09. The van der Waals surface area contributed by atoms with Gasteiger partial charge in [0, 0.05) is 36.8 Å². The van der Waals surface area contributed by atoms with E-state index < -0.39 is 0 Å². The van der Waals surface area contributed by atoms with Gasteiger partial charge in [-0.25, -0.2) is 19.0 Å². The number of halogens is 1. The van der Waals surface area contributed by atoms with Crippen molar-refractivity contribution in [2.24, 2.45) is 17.6 Å². The predicted octanol–water partition coefficient (Wildman–Crippen LogP) is 3.70. The summed E-state index contributed by atoms with van der Waals surface area (Å²) in [5.41, 5.74) is 10.6. The smallest absolute Gasteiger partial charge is 0.177 e. The van der Waals surface area contributed by atoms with Gasteiger partial charge in [0.25, 0.3) is 0 Å². The van der Waals surface area contributed by atoms with Gasteiger partial charge >= 0.3 is 0 Å². The maximum Gasteiger partial charge on any atom is 0.177 e. The third-order valence-corrected chi connectivity index (χ3v) is 8.00. The number of para-hydroxylation sites is 1. The van der Waals surface area contributed by atoms with E-state index >= 15 is 0 Å². The average Bonchev–Trinajstić information content (AvgIpc) is 3.21. The average molecular weight is 481 g/mol. The van der Waals surface area contributed by atoms with Gasteiger partial charge < -0.3 is 10.6 Å². The lowest BCUT2D eigenvalue weighted by Crippen LogP contribution is -2.32. The van der Waals surface area contributed by atoms with Crippen molar-refractivity contribution in [1.29, 1.82) is 0 Å². The number of benzene rings is 2. The van der Waals surface area contributed by atoms with Gasteiger partial charge in [-0.2, -0.15) is 10.2 Å². The molecule has 0 amide bonds. The van der Waals surface area contributed by atoms with E-state index in [1.807, 2.05) is 53.3 Å². The zero-order valence-electron chi connectivity index (χ0n) is 19.5. The Morgan fingerprint density at radius 2 is 1.89 bits per heavy atom. The van der Waals surface area contributed by atoms with Crippen LogP contribution in [0.4, 0.5) is 10.2 Å². The summed E-state index contributed by atoms with van der Waals surface area (Å²) < 4.78 is 16.5. The third-order valence-electron chi connectivity index (χ3n) is 8.00. The van der Waals surface area contributed by atoms with Gasteiger partial charge in [-0.15, -0.1) is 0 Å². The second-order valence-electron chi connectivity index (χ2n) is 9.68. The number of nitrogens with two attached hydrogens (primary N) is 1. The highest BCUT2D eigenvalue weighted by molar-refractivity contribution is 5.87.